The molecule has 18 heavy (non-hydrogen) atoms. The molecule has 0 saturated heterocycles. The molecule has 1 rings (SSSR count). The number of carbonyl (C=O) groups excluding carboxylic acids is 1. The van der Waals surface area contributed by atoms with Crippen molar-refractivity contribution in [1.82, 2.24) is 5.48 Å². The summed E-state index contributed by atoms with van der Waals surface area (Å²) in [6.07, 6.45) is -3.72. The van der Waals surface area contributed by atoms with Crippen LogP contribution in [0.2, 0.25) is 5.02 Å². The van der Waals surface area contributed by atoms with Crippen molar-refractivity contribution in [1.29, 1.82) is 0 Å². The highest BCUT2D eigenvalue weighted by molar-refractivity contribution is 6.31. The molecule has 0 spiro atoms. The van der Waals surface area contributed by atoms with Gasteiger partial charge in [-0.15, -0.1) is 0 Å². The number of rotatable bonds is 4. The second-order valence-corrected chi connectivity index (χ2v) is 3.92. The maximum Gasteiger partial charge on any atom is 0.417 e. The largest absolute Gasteiger partial charge is 0.417 e. The molecule has 1 aromatic rings. The highest BCUT2D eigenvalue weighted by Crippen LogP contribution is 2.36. The van der Waals surface area contributed by atoms with E-state index in [2.05, 4.69) is 0 Å². The number of amides is 1. The van der Waals surface area contributed by atoms with E-state index in [1.54, 1.807) is 6.92 Å². The third-order valence-electron chi connectivity index (χ3n) is 2.00. The van der Waals surface area contributed by atoms with Crippen LogP contribution in [0.25, 0.3) is 0 Å². The van der Waals surface area contributed by atoms with Gasteiger partial charge in [-0.25, -0.2) is 0 Å². The molecule has 1 N–H and O–H groups in total. The quantitative estimate of drug-likeness (QED) is 0.857. The van der Waals surface area contributed by atoms with Crippen LogP contribution in [0.3, 0.4) is 0 Å². The molecule has 1 amide bonds. The van der Waals surface area contributed by atoms with Gasteiger partial charge < -0.3 is 4.84 Å². The van der Waals surface area contributed by atoms with Gasteiger partial charge in [0.05, 0.1) is 10.6 Å². The first-order valence-electron chi connectivity index (χ1n) is 5.17. The third kappa shape index (κ3) is 4.10. The molecule has 7 heteroatoms. The Labute approximate surface area is 107 Å². The molecule has 0 aliphatic carbocycles. The topological polar surface area (TPSA) is 38.3 Å². The predicted octanol–water partition coefficient (Wildman–Crippen LogP) is 3.57. The van der Waals surface area contributed by atoms with Gasteiger partial charge in [0.25, 0.3) is 5.91 Å². The fourth-order valence-corrected chi connectivity index (χ4v) is 1.40. The molecule has 0 saturated carbocycles. The van der Waals surface area contributed by atoms with E-state index in [4.69, 9.17) is 16.4 Å². The molecule has 0 aliphatic rings. The monoisotopic (exact) mass is 281 g/mol. The average molecular weight is 282 g/mol. The van der Waals surface area contributed by atoms with Crippen molar-refractivity contribution in [3.63, 3.8) is 0 Å². The highest BCUT2D eigenvalue weighted by Gasteiger charge is 2.33. The van der Waals surface area contributed by atoms with Crippen LogP contribution in [0.15, 0.2) is 18.2 Å². The van der Waals surface area contributed by atoms with Gasteiger partial charge >= 0.3 is 6.18 Å². The molecule has 0 bridgehead atoms. The Balaban J connectivity index is 2.77. The maximum absolute atomic E-state index is 12.5. The van der Waals surface area contributed by atoms with E-state index < -0.39 is 22.7 Å². The smallest absolute Gasteiger partial charge is 0.380 e. The lowest BCUT2D eigenvalue weighted by molar-refractivity contribution is -0.137. The third-order valence-corrected chi connectivity index (χ3v) is 2.33. The second-order valence-electron chi connectivity index (χ2n) is 3.52. The highest BCUT2D eigenvalue weighted by atomic mass is 35.5. The summed E-state index contributed by atoms with van der Waals surface area (Å²) < 4.78 is 37.6. The number of hydrogen-bond donors (Lipinski definition) is 1. The van der Waals surface area contributed by atoms with Gasteiger partial charge in [-0.3, -0.25) is 4.79 Å². The maximum atomic E-state index is 12.5. The van der Waals surface area contributed by atoms with Crippen molar-refractivity contribution in [2.45, 2.75) is 25.9 Å². The van der Waals surface area contributed by atoms with Gasteiger partial charge in [-0.05, 0) is 24.6 Å². The van der Waals surface area contributed by atoms with Crippen molar-refractivity contribution in [3.8, 4) is 5.75 Å². The molecule has 0 heterocycles. The summed E-state index contributed by atoms with van der Waals surface area (Å²) in [4.78, 5) is 15.8. The van der Waals surface area contributed by atoms with Gasteiger partial charge in [0.1, 0.15) is 0 Å². The van der Waals surface area contributed by atoms with Crippen LogP contribution in [0, 0.1) is 0 Å². The Kier molecular flexibility index (Phi) is 4.84. The predicted molar refractivity (Wildman–Crippen MR) is 60.1 cm³/mol. The Hall–Kier alpha value is -1.43. The van der Waals surface area contributed by atoms with Gasteiger partial charge in [0, 0.05) is 6.42 Å². The Morgan fingerprint density at radius 1 is 1.44 bits per heavy atom. The minimum Gasteiger partial charge on any atom is -0.380 e. The fourth-order valence-electron chi connectivity index (χ4n) is 1.18. The van der Waals surface area contributed by atoms with Gasteiger partial charge in [-0.1, -0.05) is 18.5 Å². The molecular weight excluding hydrogens is 271 g/mol. The SMILES string of the molecule is CCCC(=O)NOc1ccc(Cl)c(C(F)(F)F)c1. The zero-order valence-corrected chi connectivity index (χ0v) is 10.2. The first-order valence-corrected chi connectivity index (χ1v) is 5.54. The first-order chi connectivity index (χ1) is 8.34. The van der Waals surface area contributed by atoms with Crippen LogP contribution in [-0.4, -0.2) is 5.91 Å². The van der Waals surface area contributed by atoms with E-state index in [9.17, 15) is 18.0 Å². The second kappa shape index (κ2) is 5.95. The molecule has 1 aromatic carbocycles. The molecule has 0 unspecified atom stereocenters. The Bertz CT molecular complexity index is 435. The van der Waals surface area contributed by atoms with E-state index in [-0.39, 0.29) is 12.2 Å². The van der Waals surface area contributed by atoms with Gasteiger partial charge in [-0.2, -0.15) is 18.7 Å². The first kappa shape index (κ1) is 14.6. The number of halogens is 4. The number of benzene rings is 1. The molecule has 100 valence electrons. The molecule has 0 radical (unpaired) electrons. The van der Waals surface area contributed by atoms with Crippen molar-refractivity contribution >= 4 is 17.5 Å². The van der Waals surface area contributed by atoms with E-state index in [1.807, 2.05) is 5.48 Å². The van der Waals surface area contributed by atoms with Crippen molar-refractivity contribution in [3.05, 3.63) is 28.8 Å². The van der Waals surface area contributed by atoms with E-state index in [0.717, 1.165) is 12.1 Å². The average Bonchev–Trinajstić information content (AvgIpc) is 2.27. The van der Waals surface area contributed by atoms with Crippen LogP contribution in [0.1, 0.15) is 25.3 Å². The standard InChI is InChI=1S/C11H11ClF3NO2/c1-2-3-10(17)16-18-7-4-5-9(12)8(6-7)11(13,14)15/h4-6H,2-3H2,1H3,(H,16,17). The summed E-state index contributed by atoms with van der Waals surface area (Å²) in [6, 6.07) is 3.03. The van der Waals surface area contributed by atoms with Crippen LogP contribution in [-0.2, 0) is 11.0 Å². The van der Waals surface area contributed by atoms with E-state index in [1.165, 1.54) is 6.07 Å². The van der Waals surface area contributed by atoms with E-state index in [0.29, 0.717) is 6.42 Å². The van der Waals surface area contributed by atoms with Crippen LogP contribution in [0.4, 0.5) is 13.2 Å². The lowest BCUT2D eigenvalue weighted by Gasteiger charge is -2.11. The summed E-state index contributed by atoms with van der Waals surface area (Å²) in [7, 11) is 0. The Morgan fingerprint density at radius 2 is 2.11 bits per heavy atom. The molecule has 3 nitrogen and oxygen atoms in total. The summed E-state index contributed by atoms with van der Waals surface area (Å²) in [5, 5.41) is -0.422. The molecular formula is C11H11ClF3NO2. The van der Waals surface area contributed by atoms with Crippen molar-refractivity contribution in [2.75, 3.05) is 0 Å². The number of carbonyl (C=O) groups is 1. The zero-order chi connectivity index (χ0) is 13.8. The minimum absolute atomic E-state index is 0.129. The van der Waals surface area contributed by atoms with Crippen LogP contribution < -0.4 is 10.3 Å². The normalized spacial score (nSPS) is 11.2. The summed E-state index contributed by atoms with van der Waals surface area (Å²) in [5.74, 6) is -0.530. The number of hydroxylamine groups is 1. The summed E-state index contributed by atoms with van der Waals surface area (Å²) in [6.45, 7) is 1.80. The molecule has 0 fully saturated rings. The number of alkyl halides is 3. The lowest BCUT2D eigenvalue weighted by Crippen LogP contribution is -2.26. The van der Waals surface area contributed by atoms with Crippen molar-refractivity contribution < 1.29 is 22.8 Å². The van der Waals surface area contributed by atoms with Crippen LogP contribution in [0.5, 0.6) is 5.75 Å². The minimum atomic E-state index is -4.57. The number of hydrogen-bond acceptors (Lipinski definition) is 2. The molecule has 0 aliphatic heterocycles. The number of nitrogens with one attached hydrogen (secondary N) is 1. The van der Waals surface area contributed by atoms with Crippen molar-refractivity contribution in [2.24, 2.45) is 0 Å². The summed E-state index contributed by atoms with van der Waals surface area (Å²) >= 11 is 5.43. The van der Waals surface area contributed by atoms with E-state index >= 15 is 0 Å². The van der Waals surface area contributed by atoms with Crippen LogP contribution >= 0.6 is 11.6 Å². The van der Waals surface area contributed by atoms with Gasteiger partial charge in [0.2, 0.25) is 0 Å². The Morgan fingerprint density at radius 3 is 2.67 bits per heavy atom. The lowest BCUT2D eigenvalue weighted by atomic mass is 10.2. The fraction of sp³-hybridized carbons (Fsp3) is 0.364. The molecule has 0 atom stereocenters. The zero-order valence-electron chi connectivity index (χ0n) is 9.47. The summed E-state index contributed by atoms with van der Waals surface area (Å²) in [5.41, 5.74) is 1.04. The van der Waals surface area contributed by atoms with Gasteiger partial charge in [0.15, 0.2) is 5.75 Å². The molecule has 0 aromatic heterocycles.